The van der Waals surface area contributed by atoms with E-state index in [1.807, 2.05) is 6.92 Å². The molecule has 0 saturated carbocycles. The zero-order chi connectivity index (χ0) is 9.68. The molecule has 1 unspecified atom stereocenters. The molecule has 0 aromatic carbocycles. The van der Waals surface area contributed by atoms with Crippen molar-refractivity contribution in [3.8, 4) is 0 Å². The first-order chi connectivity index (χ1) is 6.24. The summed E-state index contributed by atoms with van der Waals surface area (Å²) in [5, 5.41) is 2.83. The number of nitrogens with two attached hydrogens (primary N) is 1. The van der Waals surface area contributed by atoms with Crippen molar-refractivity contribution in [3.05, 3.63) is 0 Å². The lowest BCUT2D eigenvalue weighted by Crippen LogP contribution is -2.42. The summed E-state index contributed by atoms with van der Waals surface area (Å²) in [7, 11) is 0. The van der Waals surface area contributed by atoms with Gasteiger partial charge in [-0.2, -0.15) is 0 Å². The van der Waals surface area contributed by atoms with E-state index in [2.05, 4.69) is 5.32 Å². The largest absolute Gasteiger partial charge is 0.381 e. The van der Waals surface area contributed by atoms with Crippen LogP contribution >= 0.6 is 0 Å². The average Bonchev–Trinajstić information content (AvgIpc) is 2.65. The van der Waals surface area contributed by atoms with E-state index < -0.39 is 0 Å². The minimum Gasteiger partial charge on any atom is -0.381 e. The summed E-state index contributed by atoms with van der Waals surface area (Å²) in [6, 6.07) is -0.359. The van der Waals surface area contributed by atoms with E-state index in [-0.39, 0.29) is 11.9 Å². The second-order valence-electron chi connectivity index (χ2n) is 3.49. The number of amides is 1. The van der Waals surface area contributed by atoms with Gasteiger partial charge in [0.25, 0.3) is 0 Å². The van der Waals surface area contributed by atoms with Crippen molar-refractivity contribution >= 4 is 5.91 Å². The first-order valence-electron chi connectivity index (χ1n) is 4.85. The fraction of sp³-hybridized carbons (Fsp3) is 0.889. The summed E-state index contributed by atoms with van der Waals surface area (Å²) < 4.78 is 5.19. The monoisotopic (exact) mass is 186 g/mol. The van der Waals surface area contributed by atoms with Gasteiger partial charge in [-0.25, -0.2) is 0 Å². The van der Waals surface area contributed by atoms with Crippen molar-refractivity contribution in [2.75, 3.05) is 19.8 Å². The van der Waals surface area contributed by atoms with Crippen LogP contribution in [0.1, 0.15) is 19.8 Å². The second-order valence-corrected chi connectivity index (χ2v) is 3.49. The van der Waals surface area contributed by atoms with Crippen LogP contribution in [0.2, 0.25) is 0 Å². The van der Waals surface area contributed by atoms with Crippen LogP contribution in [0.5, 0.6) is 0 Å². The highest BCUT2D eigenvalue weighted by molar-refractivity contribution is 5.81. The molecule has 4 nitrogen and oxygen atoms in total. The van der Waals surface area contributed by atoms with Gasteiger partial charge in [-0.3, -0.25) is 4.79 Å². The van der Waals surface area contributed by atoms with Crippen molar-refractivity contribution in [2.24, 2.45) is 11.7 Å². The molecule has 0 aromatic heterocycles. The van der Waals surface area contributed by atoms with Gasteiger partial charge in [0.15, 0.2) is 0 Å². The zero-order valence-electron chi connectivity index (χ0n) is 8.08. The summed E-state index contributed by atoms with van der Waals surface area (Å²) in [5.41, 5.74) is 5.56. The quantitative estimate of drug-likeness (QED) is 0.643. The Balaban J connectivity index is 2.13. The number of carbonyl (C=O) groups is 1. The number of hydrogen-bond donors (Lipinski definition) is 2. The lowest BCUT2D eigenvalue weighted by atomic mass is 10.1. The Hall–Kier alpha value is -0.610. The smallest absolute Gasteiger partial charge is 0.236 e. The molecule has 13 heavy (non-hydrogen) atoms. The summed E-state index contributed by atoms with van der Waals surface area (Å²) in [5.74, 6) is 0.433. The number of hydrogen-bond acceptors (Lipinski definition) is 3. The molecule has 1 saturated heterocycles. The second kappa shape index (κ2) is 5.19. The molecule has 2 atom stereocenters. The Kier molecular flexibility index (Phi) is 4.18. The van der Waals surface area contributed by atoms with Gasteiger partial charge in [-0.15, -0.1) is 0 Å². The third-order valence-electron chi connectivity index (χ3n) is 2.37. The highest BCUT2D eigenvalue weighted by Crippen LogP contribution is 2.10. The van der Waals surface area contributed by atoms with Crippen molar-refractivity contribution < 1.29 is 9.53 Å². The number of carbonyl (C=O) groups excluding carboxylic acids is 1. The minimum atomic E-state index is -0.359. The molecule has 1 heterocycles. The van der Waals surface area contributed by atoms with Gasteiger partial charge >= 0.3 is 0 Å². The normalized spacial score (nSPS) is 24.3. The van der Waals surface area contributed by atoms with Gasteiger partial charge in [0.05, 0.1) is 12.6 Å². The van der Waals surface area contributed by atoms with Gasteiger partial charge in [0.2, 0.25) is 5.91 Å². The maximum atomic E-state index is 11.3. The van der Waals surface area contributed by atoms with Crippen molar-refractivity contribution in [1.82, 2.24) is 5.32 Å². The van der Waals surface area contributed by atoms with Crippen molar-refractivity contribution in [1.29, 1.82) is 0 Å². The van der Waals surface area contributed by atoms with Crippen LogP contribution < -0.4 is 11.1 Å². The molecule has 0 aromatic rings. The van der Waals surface area contributed by atoms with Gasteiger partial charge in [0.1, 0.15) is 0 Å². The van der Waals surface area contributed by atoms with Crippen LogP contribution in [-0.4, -0.2) is 31.7 Å². The molecule has 3 N–H and O–H groups in total. The maximum absolute atomic E-state index is 11.3. The molecule has 1 rings (SSSR count). The van der Waals surface area contributed by atoms with Gasteiger partial charge in [-0.1, -0.05) is 6.92 Å². The first-order valence-corrected chi connectivity index (χ1v) is 4.85. The SMILES string of the molecule is CC[C@@H](N)C(=O)NCC1CCOC1. The van der Waals surface area contributed by atoms with Gasteiger partial charge in [0, 0.05) is 19.1 Å². The summed E-state index contributed by atoms with van der Waals surface area (Å²) in [6.45, 7) is 4.19. The summed E-state index contributed by atoms with van der Waals surface area (Å²) in [6.07, 6.45) is 1.73. The van der Waals surface area contributed by atoms with E-state index in [4.69, 9.17) is 10.5 Å². The average molecular weight is 186 g/mol. The van der Waals surface area contributed by atoms with Crippen LogP contribution in [-0.2, 0) is 9.53 Å². The Bertz CT molecular complexity index is 167. The van der Waals surface area contributed by atoms with E-state index in [1.54, 1.807) is 0 Å². The Morgan fingerprint density at radius 1 is 1.77 bits per heavy atom. The molecule has 1 aliphatic rings. The summed E-state index contributed by atoms with van der Waals surface area (Å²) >= 11 is 0. The Labute approximate surface area is 78.8 Å². The molecule has 0 bridgehead atoms. The molecule has 1 fully saturated rings. The van der Waals surface area contributed by atoms with E-state index in [0.717, 1.165) is 19.6 Å². The first kappa shape index (κ1) is 10.5. The summed E-state index contributed by atoms with van der Waals surface area (Å²) in [4.78, 5) is 11.3. The molecule has 76 valence electrons. The van der Waals surface area contributed by atoms with Crippen LogP contribution in [0.25, 0.3) is 0 Å². The molecule has 0 spiro atoms. The van der Waals surface area contributed by atoms with Gasteiger partial charge in [-0.05, 0) is 12.8 Å². The third-order valence-corrected chi connectivity index (χ3v) is 2.37. The number of ether oxygens (including phenoxy) is 1. The predicted molar refractivity (Wildman–Crippen MR) is 50.2 cm³/mol. The Morgan fingerprint density at radius 2 is 2.54 bits per heavy atom. The lowest BCUT2D eigenvalue weighted by Gasteiger charge is -2.12. The van der Waals surface area contributed by atoms with Crippen LogP contribution in [0, 0.1) is 5.92 Å². The zero-order valence-corrected chi connectivity index (χ0v) is 8.08. The topological polar surface area (TPSA) is 64.4 Å². The number of nitrogens with one attached hydrogen (secondary N) is 1. The standard InChI is InChI=1S/C9H18N2O2/c1-2-8(10)9(12)11-5-7-3-4-13-6-7/h7-8H,2-6,10H2,1H3,(H,11,12)/t7?,8-/m1/s1. The molecular weight excluding hydrogens is 168 g/mol. The lowest BCUT2D eigenvalue weighted by molar-refractivity contribution is -0.122. The predicted octanol–water partition coefficient (Wildman–Crippen LogP) is -0.124. The van der Waals surface area contributed by atoms with Crippen molar-refractivity contribution in [3.63, 3.8) is 0 Å². The maximum Gasteiger partial charge on any atom is 0.236 e. The van der Waals surface area contributed by atoms with Gasteiger partial charge < -0.3 is 15.8 Å². The molecule has 0 radical (unpaired) electrons. The fourth-order valence-corrected chi connectivity index (χ4v) is 1.31. The van der Waals surface area contributed by atoms with Crippen LogP contribution in [0.15, 0.2) is 0 Å². The van der Waals surface area contributed by atoms with E-state index >= 15 is 0 Å². The van der Waals surface area contributed by atoms with Crippen LogP contribution in [0.4, 0.5) is 0 Å². The molecule has 1 aliphatic heterocycles. The minimum absolute atomic E-state index is 0.0469. The molecular formula is C9H18N2O2. The van der Waals surface area contributed by atoms with Crippen LogP contribution in [0.3, 0.4) is 0 Å². The van der Waals surface area contributed by atoms with E-state index in [1.165, 1.54) is 0 Å². The molecule has 0 aliphatic carbocycles. The van der Waals surface area contributed by atoms with E-state index in [0.29, 0.717) is 18.9 Å². The number of rotatable bonds is 4. The highest BCUT2D eigenvalue weighted by atomic mass is 16.5. The third kappa shape index (κ3) is 3.32. The van der Waals surface area contributed by atoms with Crippen molar-refractivity contribution in [2.45, 2.75) is 25.8 Å². The van der Waals surface area contributed by atoms with E-state index in [9.17, 15) is 4.79 Å². The fourth-order valence-electron chi connectivity index (χ4n) is 1.31. The molecule has 4 heteroatoms. The highest BCUT2D eigenvalue weighted by Gasteiger charge is 2.17. The molecule has 1 amide bonds. The Morgan fingerprint density at radius 3 is 3.08 bits per heavy atom.